The van der Waals surface area contributed by atoms with Crippen molar-refractivity contribution >= 4 is 23.1 Å². The number of fused-ring (bicyclic) bond motifs is 1. The summed E-state index contributed by atoms with van der Waals surface area (Å²) in [6, 6.07) is 8.58. The first-order chi connectivity index (χ1) is 11.8. The summed E-state index contributed by atoms with van der Waals surface area (Å²) in [7, 11) is 0. The van der Waals surface area contributed by atoms with E-state index < -0.39 is 33.0 Å². The fraction of sp³-hybridized carbons (Fsp3) is 0.0667. The summed E-state index contributed by atoms with van der Waals surface area (Å²) < 4.78 is 0. The zero-order valence-corrected chi connectivity index (χ0v) is 12.5. The highest BCUT2D eigenvalue weighted by molar-refractivity contribution is 6.14. The Balaban J connectivity index is 0.000000399. The number of nitrogens with zero attached hydrogens (tertiary/aromatic N) is 2. The van der Waals surface area contributed by atoms with Gasteiger partial charge in [-0.05, 0) is 35.4 Å². The molecule has 0 aromatic heterocycles. The molecule has 0 saturated carbocycles. The van der Waals surface area contributed by atoms with Crippen molar-refractivity contribution < 1.29 is 24.5 Å². The Morgan fingerprint density at radius 2 is 1.60 bits per heavy atom. The van der Waals surface area contributed by atoms with E-state index in [2.05, 4.69) is 5.73 Å². The third-order valence-corrected chi connectivity index (χ3v) is 3.26. The number of hydrogen-bond acceptors (Lipinski definition) is 7. The molecule has 1 aromatic carbocycles. The van der Waals surface area contributed by atoms with E-state index in [-0.39, 0.29) is 12.1 Å². The first kappa shape index (κ1) is 17.7. The van der Waals surface area contributed by atoms with Gasteiger partial charge in [0.2, 0.25) is 0 Å². The molecule has 128 valence electrons. The van der Waals surface area contributed by atoms with Gasteiger partial charge in [-0.1, -0.05) is 6.07 Å². The number of nitro groups is 2. The van der Waals surface area contributed by atoms with Crippen LogP contribution in [0, 0.1) is 20.2 Å². The normalized spacial score (nSPS) is 10.3. The van der Waals surface area contributed by atoms with E-state index in [1.165, 1.54) is 12.1 Å². The zero-order valence-electron chi connectivity index (χ0n) is 12.5. The summed E-state index contributed by atoms with van der Waals surface area (Å²) in [5.74, 6) is -1.55. The number of carboxylic acids is 1. The monoisotopic (exact) mass is 345 g/mol. The summed E-state index contributed by atoms with van der Waals surface area (Å²) in [6.07, 6.45) is 0. The lowest BCUT2D eigenvalue weighted by Gasteiger charge is -2.01. The Hall–Kier alpha value is -3.66. The van der Waals surface area contributed by atoms with Gasteiger partial charge in [-0.15, -0.1) is 0 Å². The van der Waals surface area contributed by atoms with Gasteiger partial charge in [0.05, 0.1) is 16.4 Å². The molecule has 0 aliphatic heterocycles. The van der Waals surface area contributed by atoms with Crippen LogP contribution in [0.5, 0.6) is 0 Å². The number of rotatable bonds is 5. The quantitative estimate of drug-likeness (QED) is 0.400. The molecule has 0 atom stereocenters. The molecule has 2 aliphatic carbocycles. The van der Waals surface area contributed by atoms with E-state index in [0.717, 1.165) is 17.2 Å². The molecule has 0 fully saturated rings. The van der Waals surface area contributed by atoms with Crippen LogP contribution in [0.1, 0.15) is 15.9 Å². The fourth-order valence-electron chi connectivity index (χ4n) is 2.10. The number of ketones is 1. The van der Waals surface area contributed by atoms with E-state index in [0.29, 0.717) is 5.56 Å². The number of carbonyl (C=O) groups excluding carboxylic acids is 1. The van der Waals surface area contributed by atoms with Crippen molar-refractivity contribution in [2.24, 2.45) is 5.73 Å². The largest absolute Gasteiger partial charge is 0.480 e. The predicted molar refractivity (Wildman–Crippen MR) is 85.3 cm³/mol. The molecule has 0 amide bonds. The van der Waals surface area contributed by atoms with Crippen LogP contribution in [0.15, 0.2) is 36.4 Å². The third kappa shape index (κ3) is 3.82. The Bertz CT molecular complexity index is 888. The van der Waals surface area contributed by atoms with E-state index in [1.54, 1.807) is 12.1 Å². The third-order valence-electron chi connectivity index (χ3n) is 3.26. The number of carboxylic acid groups (broad SMARTS) is 1. The Morgan fingerprint density at radius 3 is 2.04 bits per heavy atom. The van der Waals surface area contributed by atoms with Crippen molar-refractivity contribution in [3.05, 3.63) is 67.8 Å². The van der Waals surface area contributed by atoms with Crippen LogP contribution in [0.2, 0.25) is 0 Å². The second-order valence-electron chi connectivity index (χ2n) is 4.91. The number of carbonyl (C=O) groups is 2. The van der Waals surface area contributed by atoms with Gasteiger partial charge in [0, 0.05) is 11.6 Å². The average molecular weight is 345 g/mol. The van der Waals surface area contributed by atoms with E-state index in [4.69, 9.17) is 5.11 Å². The second kappa shape index (κ2) is 6.84. The van der Waals surface area contributed by atoms with Crippen LogP contribution in [-0.4, -0.2) is 33.3 Å². The lowest BCUT2D eigenvalue weighted by atomic mass is 10.0. The maximum Gasteiger partial charge on any atom is 0.357 e. The molecular formula is C15H11N3O7. The van der Waals surface area contributed by atoms with Gasteiger partial charge in [0.15, 0.2) is 5.78 Å². The molecule has 25 heavy (non-hydrogen) atoms. The summed E-state index contributed by atoms with van der Waals surface area (Å²) >= 11 is 0. The fourth-order valence-corrected chi connectivity index (χ4v) is 2.10. The smallest absolute Gasteiger partial charge is 0.357 e. The van der Waals surface area contributed by atoms with Gasteiger partial charge >= 0.3 is 17.3 Å². The van der Waals surface area contributed by atoms with Gasteiger partial charge in [0.25, 0.3) is 0 Å². The summed E-state index contributed by atoms with van der Waals surface area (Å²) in [5.41, 5.74) is 4.99. The molecule has 0 unspecified atom stereocenters. The van der Waals surface area contributed by atoms with E-state index in [9.17, 15) is 29.8 Å². The van der Waals surface area contributed by atoms with E-state index in [1.807, 2.05) is 6.07 Å². The van der Waals surface area contributed by atoms with Crippen molar-refractivity contribution in [3.63, 3.8) is 0 Å². The van der Waals surface area contributed by atoms with Gasteiger partial charge < -0.3 is 10.8 Å². The van der Waals surface area contributed by atoms with Crippen molar-refractivity contribution in [3.8, 4) is 11.1 Å². The van der Waals surface area contributed by atoms with Crippen molar-refractivity contribution in [1.82, 2.24) is 0 Å². The molecule has 0 heterocycles. The summed E-state index contributed by atoms with van der Waals surface area (Å²) in [6.45, 7) is -0.278. The van der Waals surface area contributed by atoms with Crippen molar-refractivity contribution in [2.45, 2.75) is 0 Å². The van der Waals surface area contributed by atoms with Crippen LogP contribution < -0.4 is 5.73 Å². The Kier molecular flexibility index (Phi) is 4.84. The van der Waals surface area contributed by atoms with Crippen LogP contribution in [0.25, 0.3) is 11.1 Å². The van der Waals surface area contributed by atoms with Gasteiger partial charge in [-0.2, -0.15) is 0 Å². The number of nitrogens with two attached hydrogens (primary N) is 1. The number of para-hydroxylation sites is 1. The maximum absolute atomic E-state index is 12.2. The number of hydrogen-bond donors (Lipinski definition) is 2. The maximum atomic E-state index is 12.2. The van der Waals surface area contributed by atoms with Crippen LogP contribution in [-0.2, 0) is 4.79 Å². The number of aliphatic carboxylic acids is 1. The second-order valence-corrected chi connectivity index (χ2v) is 4.91. The summed E-state index contributed by atoms with van der Waals surface area (Å²) in [4.78, 5) is 41.6. The van der Waals surface area contributed by atoms with Crippen LogP contribution >= 0.6 is 0 Å². The molecule has 10 heteroatoms. The minimum Gasteiger partial charge on any atom is -0.480 e. The number of nitro benzene ring substituents is 2. The average Bonchev–Trinajstić information content (AvgIpc) is 3.19. The van der Waals surface area contributed by atoms with Gasteiger partial charge in [-0.3, -0.25) is 29.8 Å². The lowest BCUT2D eigenvalue weighted by molar-refractivity contribution is -0.422. The molecule has 0 spiro atoms. The standard InChI is InChI=1S/C13H6N2O5.C2H5NO2/c16-13(9-5-7-4-8(7)6-9)10-2-1-3-11(14(17)18)12(10)15(19)20;3-1-2(4)5/h1-6H;1,3H2,(H,4,5). The highest BCUT2D eigenvalue weighted by Crippen LogP contribution is 2.38. The molecule has 0 saturated heterocycles. The Labute approximate surface area is 139 Å². The highest BCUT2D eigenvalue weighted by atomic mass is 16.6. The molecule has 2 aliphatic rings. The summed E-state index contributed by atoms with van der Waals surface area (Å²) in [5, 5.41) is 29.5. The first-order valence-corrected chi connectivity index (χ1v) is 6.80. The van der Waals surface area contributed by atoms with Crippen LogP contribution in [0.3, 0.4) is 0 Å². The van der Waals surface area contributed by atoms with Gasteiger partial charge in [0.1, 0.15) is 5.56 Å². The first-order valence-electron chi connectivity index (χ1n) is 6.80. The molecule has 3 N–H and O–H groups in total. The molecule has 0 radical (unpaired) electrons. The predicted octanol–water partition coefficient (Wildman–Crippen LogP) is 1.74. The molecule has 3 rings (SSSR count). The minimum atomic E-state index is -0.968. The zero-order chi connectivity index (χ0) is 18.7. The topological polar surface area (TPSA) is 167 Å². The Morgan fingerprint density at radius 1 is 1.04 bits per heavy atom. The van der Waals surface area contributed by atoms with Gasteiger partial charge in [-0.25, -0.2) is 0 Å². The molecule has 1 aromatic rings. The molecular weight excluding hydrogens is 334 g/mol. The molecule has 0 bridgehead atoms. The van der Waals surface area contributed by atoms with Crippen LogP contribution in [0.4, 0.5) is 11.4 Å². The van der Waals surface area contributed by atoms with E-state index >= 15 is 0 Å². The highest BCUT2D eigenvalue weighted by Gasteiger charge is 2.32. The lowest BCUT2D eigenvalue weighted by Crippen LogP contribution is -2.10. The number of benzene rings is 2. The van der Waals surface area contributed by atoms with Crippen molar-refractivity contribution in [1.29, 1.82) is 0 Å². The SMILES string of the molecule is NCC(=O)O.O=C(c1cc2cc-2c1)c1cccc([N+](=O)[O-])c1[N+](=O)[O-]. The minimum absolute atomic E-state index is 0.269. The molecule has 10 nitrogen and oxygen atoms in total. The van der Waals surface area contributed by atoms with Crippen molar-refractivity contribution in [2.75, 3.05) is 6.54 Å².